The van der Waals surface area contributed by atoms with Crippen LogP contribution in [-0.4, -0.2) is 21.9 Å². The number of halogens is 1. The zero-order chi connectivity index (χ0) is 16.0. The van der Waals surface area contributed by atoms with Crippen LogP contribution in [0.25, 0.3) is 0 Å². The van der Waals surface area contributed by atoms with Crippen molar-refractivity contribution in [3.63, 3.8) is 0 Å². The zero-order valence-corrected chi connectivity index (χ0v) is 12.3. The largest absolute Gasteiger partial charge is 0.456 e. The highest BCUT2D eigenvalue weighted by atomic mass is 31.2. The van der Waals surface area contributed by atoms with Crippen molar-refractivity contribution in [1.29, 1.82) is 0 Å². The molecule has 21 heavy (non-hydrogen) atoms. The Hall–Kier alpha value is -1.69. The minimum Gasteiger partial charge on any atom is -0.456 e. The van der Waals surface area contributed by atoms with Crippen LogP contribution in [-0.2, 0) is 20.7 Å². The zero-order valence-electron chi connectivity index (χ0n) is 11.4. The van der Waals surface area contributed by atoms with E-state index in [9.17, 15) is 13.8 Å². The second-order valence-electron chi connectivity index (χ2n) is 4.65. The maximum atomic E-state index is 12.7. The van der Waals surface area contributed by atoms with Crippen molar-refractivity contribution in [2.45, 2.75) is 13.5 Å². The molecule has 0 aliphatic heterocycles. The van der Waals surface area contributed by atoms with Crippen molar-refractivity contribution in [1.82, 2.24) is 0 Å². The number of carbonyl (C=O) groups excluding carboxylic acids is 1. The highest BCUT2D eigenvalue weighted by Gasteiger charge is 2.18. The summed E-state index contributed by atoms with van der Waals surface area (Å²) >= 11 is 0. The van der Waals surface area contributed by atoms with E-state index < -0.39 is 31.5 Å². The van der Waals surface area contributed by atoms with Gasteiger partial charge >= 0.3 is 13.6 Å². The Morgan fingerprint density at radius 2 is 2.00 bits per heavy atom. The minimum absolute atomic E-state index is 0.0689. The lowest BCUT2D eigenvalue weighted by Crippen LogP contribution is -2.16. The smallest absolute Gasteiger partial charge is 0.354 e. The monoisotopic (exact) mass is 317 g/mol. The predicted octanol–water partition coefficient (Wildman–Crippen LogP) is 1.53. The third kappa shape index (κ3) is 7.04. The molecule has 1 aromatic rings. The summed E-state index contributed by atoms with van der Waals surface area (Å²) < 4.78 is 28.4. The van der Waals surface area contributed by atoms with Gasteiger partial charge in [0.1, 0.15) is 18.1 Å². The fourth-order valence-corrected chi connectivity index (χ4v) is 2.47. The van der Waals surface area contributed by atoms with E-state index in [1.807, 2.05) is 0 Å². The molecule has 0 fully saturated rings. The minimum atomic E-state index is -4.16. The van der Waals surface area contributed by atoms with Gasteiger partial charge in [-0.3, -0.25) is 4.57 Å². The Balaban J connectivity index is 2.54. The maximum absolute atomic E-state index is 12.7. The summed E-state index contributed by atoms with van der Waals surface area (Å²) in [6.07, 6.45) is 0.838. The Bertz CT molecular complexity index is 566. The lowest BCUT2D eigenvalue weighted by Gasteiger charge is -2.10. The van der Waals surface area contributed by atoms with Gasteiger partial charge in [0.15, 0.2) is 0 Å². The third-order valence-corrected chi connectivity index (χ3v) is 3.56. The molecule has 0 aromatic heterocycles. The maximum Gasteiger partial charge on any atom is 0.354 e. The van der Waals surface area contributed by atoms with Crippen molar-refractivity contribution >= 4 is 13.6 Å². The fourth-order valence-electron chi connectivity index (χ4n) is 1.62. The van der Waals surface area contributed by atoms with E-state index in [2.05, 4.69) is 0 Å². The van der Waals surface area contributed by atoms with Crippen molar-refractivity contribution < 1.29 is 28.3 Å². The first kappa shape index (κ1) is 17.4. The van der Waals surface area contributed by atoms with E-state index in [1.54, 1.807) is 0 Å². The number of rotatable bonds is 6. The van der Waals surface area contributed by atoms with Gasteiger partial charge in [0.05, 0.1) is 6.16 Å². The molecular formula is C13H17FNO5P. The molecule has 0 bridgehead atoms. The van der Waals surface area contributed by atoms with Gasteiger partial charge in [-0.15, -0.1) is 0 Å². The first-order valence-corrected chi connectivity index (χ1v) is 7.90. The Morgan fingerprint density at radius 1 is 1.43 bits per heavy atom. The molecule has 0 aliphatic carbocycles. The lowest BCUT2D eigenvalue weighted by atomic mass is 10.2. The van der Waals surface area contributed by atoms with Gasteiger partial charge < -0.3 is 20.3 Å². The molecule has 0 radical (unpaired) electrons. The van der Waals surface area contributed by atoms with E-state index >= 15 is 0 Å². The molecule has 116 valence electrons. The average Bonchev–Trinajstić information content (AvgIpc) is 2.35. The van der Waals surface area contributed by atoms with Crippen LogP contribution in [0.3, 0.4) is 0 Å². The van der Waals surface area contributed by atoms with E-state index in [1.165, 1.54) is 37.3 Å². The molecule has 1 aromatic carbocycles. The van der Waals surface area contributed by atoms with E-state index in [4.69, 9.17) is 20.3 Å². The summed E-state index contributed by atoms with van der Waals surface area (Å²) in [5.74, 6) is -1.75. The predicted molar refractivity (Wildman–Crippen MR) is 74.5 cm³/mol. The lowest BCUT2D eigenvalue weighted by molar-refractivity contribution is -0.140. The third-order valence-electron chi connectivity index (χ3n) is 2.51. The summed E-state index contributed by atoms with van der Waals surface area (Å²) in [7, 11) is -4.16. The normalized spacial score (nSPS) is 13.8. The SMILES string of the molecule is CC(/C=C(/N)C(=O)OCc1ccc(F)cc1)CP(=O)(O)O. The van der Waals surface area contributed by atoms with Gasteiger partial charge in [-0.2, -0.15) is 0 Å². The van der Waals surface area contributed by atoms with Crippen LogP contribution < -0.4 is 5.73 Å². The molecule has 6 nitrogen and oxygen atoms in total. The van der Waals surface area contributed by atoms with Crippen molar-refractivity contribution in [3.8, 4) is 0 Å². The second kappa shape index (κ2) is 7.36. The Labute approximate surface area is 121 Å². The molecule has 0 amide bonds. The van der Waals surface area contributed by atoms with Crippen molar-refractivity contribution in [2.24, 2.45) is 11.7 Å². The number of esters is 1. The molecule has 1 atom stereocenters. The first-order valence-electron chi connectivity index (χ1n) is 6.11. The molecule has 0 saturated carbocycles. The van der Waals surface area contributed by atoms with Crippen LogP contribution in [0.1, 0.15) is 12.5 Å². The summed E-state index contributed by atoms with van der Waals surface area (Å²) in [5, 5.41) is 0. The fraction of sp³-hybridized carbons (Fsp3) is 0.308. The van der Waals surface area contributed by atoms with Crippen LogP contribution in [0.15, 0.2) is 36.0 Å². The number of nitrogens with two attached hydrogens (primary N) is 1. The van der Waals surface area contributed by atoms with Gasteiger partial charge in [-0.05, 0) is 23.6 Å². The summed E-state index contributed by atoms with van der Waals surface area (Å²) in [4.78, 5) is 29.2. The molecule has 4 N–H and O–H groups in total. The number of allylic oxidation sites excluding steroid dienone is 1. The van der Waals surface area contributed by atoms with E-state index in [0.717, 1.165) is 0 Å². The van der Waals surface area contributed by atoms with Gasteiger partial charge in [-0.25, -0.2) is 9.18 Å². The van der Waals surface area contributed by atoms with Crippen LogP contribution in [0.5, 0.6) is 0 Å². The number of benzene rings is 1. The second-order valence-corrected chi connectivity index (χ2v) is 6.34. The van der Waals surface area contributed by atoms with Crippen LogP contribution in [0, 0.1) is 11.7 Å². The summed E-state index contributed by atoms with van der Waals surface area (Å²) in [5.41, 5.74) is 5.87. The molecule has 1 rings (SSSR count). The molecule has 0 heterocycles. The topological polar surface area (TPSA) is 110 Å². The van der Waals surface area contributed by atoms with Crippen LogP contribution >= 0.6 is 7.60 Å². The van der Waals surface area contributed by atoms with Crippen LogP contribution in [0.4, 0.5) is 4.39 Å². The standard InChI is InChI=1S/C13H17FNO5P/c1-9(8-21(17,18)19)6-12(15)13(16)20-7-10-2-4-11(14)5-3-10/h2-6,9H,7-8,15H2,1H3,(H2,17,18,19)/b12-6+. The number of carbonyl (C=O) groups is 1. The molecule has 0 aliphatic rings. The molecule has 1 unspecified atom stereocenters. The van der Waals surface area contributed by atoms with E-state index in [-0.39, 0.29) is 12.3 Å². The number of ether oxygens (including phenoxy) is 1. The highest BCUT2D eigenvalue weighted by molar-refractivity contribution is 7.51. The van der Waals surface area contributed by atoms with E-state index in [0.29, 0.717) is 5.56 Å². The van der Waals surface area contributed by atoms with Gasteiger partial charge in [0.2, 0.25) is 0 Å². The molecule has 8 heteroatoms. The number of hydrogen-bond acceptors (Lipinski definition) is 4. The first-order chi connectivity index (χ1) is 9.67. The van der Waals surface area contributed by atoms with Crippen LogP contribution in [0.2, 0.25) is 0 Å². The summed E-state index contributed by atoms with van der Waals surface area (Å²) in [6.45, 7) is 1.46. The summed E-state index contributed by atoms with van der Waals surface area (Å²) in [6, 6.07) is 5.42. The van der Waals surface area contributed by atoms with Crippen molar-refractivity contribution in [3.05, 3.63) is 47.4 Å². The van der Waals surface area contributed by atoms with Crippen molar-refractivity contribution in [2.75, 3.05) is 6.16 Å². The number of hydrogen-bond donors (Lipinski definition) is 3. The highest BCUT2D eigenvalue weighted by Crippen LogP contribution is 2.37. The Kier molecular flexibility index (Phi) is 6.08. The average molecular weight is 317 g/mol. The Morgan fingerprint density at radius 3 is 2.52 bits per heavy atom. The van der Waals surface area contributed by atoms with Gasteiger partial charge in [-0.1, -0.05) is 25.1 Å². The molecule has 0 spiro atoms. The molecule has 0 saturated heterocycles. The van der Waals surface area contributed by atoms with Gasteiger partial charge in [0, 0.05) is 0 Å². The molecular weight excluding hydrogens is 300 g/mol. The quantitative estimate of drug-likeness (QED) is 0.417. The van der Waals surface area contributed by atoms with Gasteiger partial charge in [0.25, 0.3) is 0 Å².